The van der Waals surface area contributed by atoms with Crippen LogP contribution >= 0.6 is 0 Å². The lowest BCUT2D eigenvalue weighted by molar-refractivity contribution is 0.0697. The second-order valence-corrected chi connectivity index (χ2v) is 7.68. The molecule has 4 rings (SSSR count). The van der Waals surface area contributed by atoms with E-state index in [1.165, 1.54) is 5.56 Å². The number of pyridine rings is 1. The molecule has 0 amide bonds. The van der Waals surface area contributed by atoms with Crippen LogP contribution in [0.2, 0.25) is 0 Å². The van der Waals surface area contributed by atoms with Gasteiger partial charge < -0.3 is 14.8 Å². The number of rotatable bonds is 8. The first-order chi connectivity index (χ1) is 15.5. The molecule has 2 aromatic carbocycles. The number of ether oxygens (including phenoxy) is 1. The van der Waals surface area contributed by atoms with Crippen LogP contribution in [-0.4, -0.2) is 46.1 Å². The van der Waals surface area contributed by atoms with Gasteiger partial charge in [0.15, 0.2) is 0 Å². The van der Waals surface area contributed by atoms with Crippen molar-refractivity contribution in [3.8, 4) is 28.1 Å². The molecular formula is C26H27N3O3. The zero-order chi connectivity index (χ0) is 22.7. The van der Waals surface area contributed by atoms with Crippen LogP contribution in [0.1, 0.15) is 29.8 Å². The number of carboxylic acids is 1. The number of benzene rings is 2. The number of hydrogen-bond donors (Lipinski definition) is 2. The highest BCUT2D eigenvalue weighted by molar-refractivity contribution is 5.97. The number of nitrogens with zero attached hydrogens (tertiary/aromatic N) is 2. The van der Waals surface area contributed by atoms with Crippen molar-refractivity contribution in [1.82, 2.24) is 14.9 Å². The summed E-state index contributed by atoms with van der Waals surface area (Å²) in [6.45, 7) is 7.21. The fourth-order valence-electron chi connectivity index (χ4n) is 3.99. The predicted octanol–water partition coefficient (Wildman–Crippen LogP) is 5.45. The van der Waals surface area contributed by atoms with Crippen LogP contribution in [0, 0.1) is 0 Å². The Morgan fingerprint density at radius 2 is 1.78 bits per heavy atom. The molecule has 6 nitrogen and oxygen atoms in total. The molecule has 0 saturated heterocycles. The summed E-state index contributed by atoms with van der Waals surface area (Å²) in [5, 5.41) is 10.1. The molecule has 32 heavy (non-hydrogen) atoms. The third-order valence-electron chi connectivity index (χ3n) is 5.83. The Hall–Kier alpha value is -3.64. The van der Waals surface area contributed by atoms with Gasteiger partial charge in [-0.15, -0.1) is 0 Å². The Bertz CT molecular complexity index is 1240. The van der Waals surface area contributed by atoms with Crippen molar-refractivity contribution >= 4 is 17.0 Å². The van der Waals surface area contributed by atoms with Crippen LogP contribution in [-0.2, 0) is 6.54 Å². The highest BCUT2D eigenvalue weighted by Gasteiger charge is 2.14. The van der Waals surface area contributed by atoms with Gasteiger partial charge in [0.2, 0.25) is 0 Å². The molecule has 0 atom stereocenters. The van der Waals surface area contributed by atoms with E-state index in [-0.39, 0.29) is 5.56 Å². The molecule has 164 valence electrons. The maximum atomic E-state index is 11.2. The summed E-state index contributed by atoms with van der Waals surface area (Å²) in [7, 11) is 1.68. The van der Waals surface area contributed by atoms with Gasteiger partial charge in [0.05, 0.1) is 18.4 Å². The van der Waals surface area contributed by atoms with E-state index < -0.39 is 5.97 Å². The third-order valence-corrected chi connectivity index (χ3v) is 5.83. The molecule has 0 aliphatic heterocycles. The van der Waals surface area contributed by atoms with E-state index >= 15 is 0 Å². The van der Waals surface area contributed by atoms with Gasteiger partial charge in [-0.05, 0) is 66.2 Å². The van der Waals surface area contributed by atoms with Gasteiger partial charge in [0, 0.05) is 23.7 Å². The first-order valence-electron chi connectivity index (χ1n) is 10.7. The predicted molar refractivity (Wildman–Crippen MR) is 127 cm³/mol. The van der Waals surface area contributed by atoms with Crippen LogP contribution in [0.15, 0.2) is 60.8 Å². The minimum absolute atomic E-state index is 0.267. The smallest absolute Gasteiger partial charge is 0.335 e. The zero-order valence-corrected chi connectivity index (χ0v) is 18.6. The van der Waals surface area contributed by atoms with E-state index in [0.29, 0.717) is 0 Å². The molecular weight excluding hydrogens is 402 g/mol. The van der Waals surface area contributed by atoms with Gasteiger partial charge >= 0.3 is 5.97 Å². The molecule has 0 aliphatic rings. The molecule has 2 aromatic heterocycles. The Labute approximate surface area is 187 Å². The standard InChI is InChI=1S/C26H27N3O3/c1-4-29(5-2)16-17-6-11-24(32-3)22(14-17)23-15-21-20(12-13-27-25(21)28-23)18-7-9-19(10-8-18)26(30)31/h6-15H,4-5,16H2,1-3H3,(H,27,28)(H,30,31). The summed E-state index contributed by atoms with van der Waals surface area (Å²) in [4.78, 5) is 21.5. The molecule has 0 aliphatic carbocycles. The van der Waals surface area contributed by atoms with Gasteiger partial charge in [0.1, 0.15) is 11.4 Å². The van der Waals surface area contributed by atoms with Crippen LogP contribution in [0.25, 0.3) is 33.4 Å². The number of fused-ring (bicyclic) bond motifs is 1. The summed E-state index contributed by atoms with van der Waals surface area (Å²) in [5.41, 5.74) is 6.12. The average molecular weight is 430 g/mol. The van der Waals surface area contributed by atoms with Crippen LogP contribution < -0.4 is 4.74 Å². The lowest BCUT2D eigenvalue weighted by Crippen LogP contribution is -2.22. The van der Waals surface area contributed by atoms with Crippen LogP contribution in [0.5, 0.6) is 5.75 Å². The van der Waals surface area contributed by atoms with Crippen molar-refractivity contribution in [2.24, 2.45) is 0 Å². The van der Waals surface area contributed by atoms with Crippen molar-refractivity contribution in [2.45, 2.75) is 20.4 Å². The largest absolute Gasteiger partial charge is 0.496 e. The number of H-pyrrole nitrogens is 1. The summed E-state index contributed by atoms with van der Waals surface area (Å²) in [6, 6.07) is 17.2. The molecule has 0 fully saturated rings. The Morgan fingerprint density at radius 1 is 1.03 bits per heavy atom. The van der Waals surface area contributed by atoms with E-state index in [2.05, 4.69) is 46.9 Å². The van der Waals surface area contributed by atoms with Crippen LogP contribution in [0.4, 0.5) is 0 Å². The molecule has 4 aromatic rings. The van der Waals surface area contributed by atoms with Gasteiger partial charge in [-0.1, -0.05) is 32.0 Å². The van der Waals surface area contributed by atoms with Crippen molar-refractivity contribution in [2.75, 3.05) is 20.2 Å². The Balaban J connectivity index is 1.77. The molecule has 2 N–H and O–H groups in total. The summed E-state index contributed by atoms with van der Waals surface area (Å²) < 4.78 is 5.65. The molecule has 2 heterocycles. The number of aromatic amines is 1. The second-order valence-electron chi connectivity index (χ2n) is 7.68. The minimum Gasteiger partial charge on any atom is -0.496 e. The van der Waals surface area contributed by atoms with E-state index in [1.54, 1.807) is 25.4 Å². The monoisotopic (exact) mass is 429 g/mol. The van der Waals surface area contributed by atoms with Gasteiger partial charge in [-0.2, -0.15) is 0 Å². The molecule has 0 spiro atoms. The summed E-state index contributed by atoms with van der Waals surface area (Å²) in [6.07, 6.45) is 1.76. The van der Waals surface area contributed by atoms with E-state index in [4.69, 9.17) is 4.74 Å². The Morgan fingerprint density at radius 3 is 2.44 bits per heavy atom. The average Bonchev–Trinajstić information content (AvgIpc) is 3.27. The highest BCUT2D eigenvalue weighted by Crippen LogP contribution is 2.35. The van der Waals surface area contributed by atoms with Crippen molar-refractivity contribution in [1.29, 1.82) is 0 Å². The number of hydrogen-bond acceptors (Lipinski definition) is 4. The number of nitrogens with one attached hydrogen (secondary N) is 1. The maximum absolute atomic E-state index is 11.2. The quantitative estimate of drug-likeness (QED) is 0.390. The lowest BCUT2D eigenvalue weighted by atomic mass is 10.0. The van der Waals surface area contributed by atoms with Crippen LogP contribution in [0.3, 0.4) is 0 Å². The Kier molecular flexibility index (Phi) is 6.23. The highest BCUT2D eigenvalue weighted by atomic mass is 16.5. The van der Waals surface area contributed by atoms with E-state index in [9.17, 15) is 9.90 Å². The number of carboxylic acid groups (broad SMARTS) is 1. The molecule has 0 unspecified atom stereocenters. The summed E-state index contributed by atoms with van der Waals surface area (Å²) in [5.74, 6) is -0.135. The molecule has 0 saturated carbocycles. The lowest BCUT2D eigenvalue weighted by Gasteiger charge is -2.19. The van der Waals surface area contributed by atoms with E-state index in [0.717, 1.165) is 58.8 Å². The fraction of sp³-hybridized carbons (Fsp3) is 0.231. The number of aromatic nitrogens is 2. The van der Waals surface area contributed by atoms with Crippen molar-refractivity contribution in [3.05, 3.63) is 71.9 Å². The number of aromatic carboxylic acids is 1. The minimum atomic E-state index is -0.933. The normalized spacial score (nSPS) is 11.2. The third kappa shape index (κ3) is 4.22. The SMILES string of the molecule is CCN(CC)Cc1ccc(OC)c(-c2cc3c(-c4ccc(C(=O)O)cc4)ccnc3[nH]2)c1. The first-order valence-corrected chi connectivity index (χ1v) is 10.7. The number of carbonyl (C=O) groups is 1. The van der Waals surface area contributed by atoms with E-state index in [1.807, 2.05) is 24.3 Å². The number of methoxy groups -OCH3 is 1. The molecule has 6 heteroatoms. The summed E-state index contributed by atoms with van der Waals surface area (Å²) >= 11 is 0. The maximum Gasteiger partial charge on any atom is 0.335 e. The zero-order valence-electron chi connectivity index (χ0n) is 18.6. The van der Waals surface area contributed by atoms with Gasteiger partial charge in [-0.3, -0.25) is 4.90 Å². The second kappa shape index (κ2) is 9.24. The topological polar surface area (TPSA) is 78.4 Å². The van der Waals surface area contributed by atoms with Crippen molar-refractivity contribution < 1.29 is 14.6 Å². The fourth-order valence-corrected chi connectivity index (χ4v) is 3.99. The van der Waals surface area contributed by atoms with Gasteiger partial charge in [-0.25, -0.2) is 9.78 Å². The molecule has 0 radical (unpaired) electrons. The first kappa shape index (κ1) is 21.6. The van der Waals surface area contributed by atoms with Gasteiger partial charge in [0.25, 0.3) is 0 Å². The van der Waals surface area contributed by atoms with Crippen molar-refractivity contribution in [3.63, 3.8) is 0 Å². The molecule has 0 bridgehead atoms.